The molecule has 20 heavy (non-hydrogen) atoms. The second-order valence-corrected chi connectivity index (χ2v) is 5.28. The van der Waals surface area contributed by atoms with Gasteiger partial charge in [0.1, 0.15) is 12.1 Å². The minimum Gasteiger partial charge on any atom is -0.352 e. The van der Waals surface area contributed by atoms with Gasteiger partial charge in [0.25, 0.3) is 0 Å². The molecular formula is C13H20N6O. The van der Waals surface area contributed by atoms with E-state index in [9.17, 15) is 4.79 Å². The zero-order chi connectivity index (χ0) is 13.9. The van der Waals surface area contributed by atoms with Crippen LogP contribution in [0.2, 0.25) is 0 Å². The van der Waals surface area contributed by atoms with Gasteiger partial charge in [-0.25, -0.2) is 19.3 Å². The lowest BCUT2D eigenvalue weighted by Crippen LogP contribution is -2.40. The number of aromatic amines is 1. The molecular weight excluding hydrogens is 256 g/mol. The highest BCUT2D eigenvalue weighted by Crippen LogP contribution is 2.26. The Hall–Kier alpha value is -1.89. The Morgan fingerprint density at radius 3 is 2.95 bits per heavy atom. The number of hydrogen-bond donors (Lipinski definition) is 2. The number of rotatable bonds is 4. The monoisotopic (exact) mass is 276 g/mol. The second kappa shape index (κ2) is 5.62. The van der Waals surface area contributed by atoms with Crippen LogP contribution < -0.4 is 16.3 Å². The number of nitrogens with zero attached hydrogens (tertiary/aromatic N) is 4. The second-order valence-electron chi connectivity index (χ2n) is 5.28. The van der Waals surface area contributed by atoms with E-state index in [-0.39, 0.29) is 5.69 Å². The van der Waals surface area contributed by atoms with E-state index >= 15 is 0 Å². The first kappa shape index (κ1) is 13.1. The Balaban J connectivity index is 1.93. The number of fused-ring (bicyclic) bond motifs is 1. The third kappa shape index (κ3) is 2.40. The molecule has 0 amide bonds. The molecule has 0 atom stereocenters. The molecule has 7 heteroatoms. The summed E-state index contributed by atoms with van der Waals surface area (Å²) in [5.74, 6) is 0.855. The van der Waals surface area contributed by atoms with Gasteiger partial charge < -0.3 is 10.6 Å². The van der Waals surface area contributed by atoms with Crippen LogP contribution in [0.25, 0.3) is 5.65 Å². The summed E-state index contributed by atoms with van der Waals surface area (Å²) in [5.41, 5.74) is 6.08. The van der Waals surface area contributed by atoms with E-state index < -0.39 is 0 Å². The summed E-state index contributed by atoms with van der Waals surface area (Å²) >= 11 is 0. The van der Waals surface area contributed by atoms with E-state index in [1.54, 1.807) is 0 Å². The molecule has 3 N–H and O–H groups in total. The summed E-state index contributed by atoms with van der Waals surface area (Å²) in [6.45, 7) is 1.37. The van der Waals surface area contributed by atoms with Crippen molar-refractivity contribution in [2.75, 3.05) is 18.0 Å². The van der Waals surface area contributed by atoms with Crippen molar-refractivity contribution in [3.63, 3.8) is 0 Å². The normalized spacial score (nSPS) is 16.6. The molecule has 2 aromatic rings. The van der Waals surface area contributed by atoms with Gasteiger partial charge in [-0.3, -0.25) is 0 Å². The molecule has 7 nitrogen and oxygen atoms in total. The molecule has 0 bridgehead atoms. The van der Waals surface area contributed by atoms with Crippen molar-refractivity contribution in [3.8, 4) is 0 Å². The molecule has 1 aliphatic rings. The average molecular weight is 276 g/mol. The quantitative estimate of drug-likeness (QED) is 0.849. The minimum atomic E-state index is -0.262. The fourth-order valence-electron chi connectivity index (χ4n) is 2.97. The van der Waals surface area contributed by atoms with E-state index in [1.807, 2.05) is 6.07 Å². The average Bonchev–Trinajstić information content (AvgIpc) is 2.86. The SMILES string of the molecule is NCCN(c1cc2n[nH]c(=O)n2cn1)C1CCCCC1. The van der Waals surface area contributed by atoms with E-state index in [0.717, 1.165) is 12.4 Å². The predicted molar refractivity (Wildman–Crippen MR) is 76.9 cm³/mol. The molecule has 0 saturated heterocycles. The van der Waals surface area contributed by atoms with Crippen molar-refractivity contribution < 1.29 is 0 Å². The lowest BCUT2D eigenvalue weighted by molar-refractivity contribution is 0.414. The maximum absolute atomic E-state index is 11.5. The molecule has 1 aliphatic carbocycles. The Labute approximate surface area is 116 Å². The van der Waals surface area contributed by atoms with Crippen LogP contribution in [0.5, 0.6) is 0 Å². The molecule has 0 unspecified atom stereocenters. The highest BCUT2D eigenvalue weighted by molar-refractivity contribution is 5.50. The van der Waals surface area contributed by atoms with E-state index in [0.29, 0.717) is 18.2 Å². The van der Waals surface area contributed by atoms with Crippen LogP contribution in [-0.4, -0.2) is 38.7 Å². The van der Waals surface area contributed by atoms with Crippen molar-refractivity contribution in [2.45, 2.75) is 38.1 Å². The molecule has 0 spiro atoms. The van der Waals surface area contributed by atoms with Gasteiger partial charge in [0.2, 0.25) is 0 Å². The van der Waals surface area contributed by atoms with Gasteiger partial charge in [0.05, 0.1) is 0 Å². The van der Waals surface area contributed by atoms with Crippen LogP contribution in [-0.2, 0) is 0 Å². The van der Waals surface area contributed by atoms with Crippen LogP contribution in [0.1, 0.15) is 32.1 Å². The largest absolute Gasteiger partial charge is 0.352 e. The standard InChI is InChI=1S/C13H20N6O/c14-6-7-18(10-4-2-1-3-5-10)11-8-12-16-17-13(20)19(12)9-15-11/h8-10H,1-7,14H2,(H,17,20). The van der Waals surface area contributed by atoms with Gasteiger partial charge in [-0.15, -0.1) is 0 Å². The molecule has 1 fully saturated rings. The van der Waals surface area contributed by atoms with Gasteiger partial charge in [0, 0.05) is 25.2 Å². The van der Waals surface area contributed by atoms with Crippen LogP contribution in [0.15, 0.2) is 17.2 Å². The predicted octanol–water partition coefficient (Wildman–Crippen LogP) is 0.515. The van der Waals surface area contributed by atoms with Gasteiger partial charge in [0.15, 0.2) is 5.65 Å². The van der Waals surface area contributed by atoms with Crippen LogP contribution >= 0.6 is 0 Å². The number of nitrogens with one attached hydrogen (secondary N) is 1. The molecule has 1 saturated carbocycles. The topological polar surface area (TPSA) is 92.3 Å². The van der Waals surface area contributed by atoms with E-state index in [1.165, 1.54) is 42.8 Å². The zero-order valence-electron chi connectivity index (χ0n) is 11.5. The molecule has 2 aromatic heterocycles. The van der Waals surface area contributed by atoms with E-state index in [2.05, 4.69) is 20.1 Å². The smallest absolute Gasteiger partial charge is 0.348 e. The zero-order valence-corrected chi connectivity index (χ0v) is 11.5. The van der Waals surface area contributed by atoms with Crippen molar-refractivity contribution >= 4 is 11.5 Å². The summed E-state index contributed by atoms with van der Waals surface area (Å²) in [7, 11) is 0. The summed E-state index contributed by atoms with van der Waals surface area (Å²) in [6, 6.07) is 2.34. The third-order valence-corrected chi connectivity index (χ3v) is 3.98. The first-order valence-corrected chi connectivity index (χ1v) is 7.19. The Morgan fingerprint density at radius 1 is 1.40 bits per heavy atom. The summed E-state index contributed by atoms with van der Waals surface area (Å²) in [6.07, 6.45) is 7.73. The van der Waals surface area contributed by atoms with Gasteiger partial charge in [-0.05, 0) is 12.8 Å². The number of H-pyrrole nitrogens is 1. The van der Waals surface area contributed by atoms with Gasteiger partial charge >= 0.3 is 5.69 Å². The molecule has 0 radical (unpaired) electrons. The molecule has 3 rings (SSSR count). The Kier molecular flexibility index (Phi) is 3.68. The first-order chi connectivity index (χ1) is 9.79. The highest BCUT2D eigenvalue weighted by atomic mass is 16.1. The van der Waals surface area contributed by atoms with Crippen molar-refractivity contribution in [2.24, 2.45) is 5.73 Å². The Bertz CT molecular complexity index is 627. The minimum absolute atomic E-state index is 0.262. The fraction of sp³-hybridized carbons (Fsp3) is 0.615. The van der Waals surface area contributed by atoms with Crippen LogP contribution in [0.4, 0.5) is 5.82 Å². The molecule has 0 aliphatic heterocycles. The molecule has 2 heterocycles. The number of hydrogen-bond acceptors (Lipinski definition) is 5. The number of anilines is 1. The number of nitrogens with two attached hydrogens (primary N) is 1. The summed E-state index contributed by atoms with van der Waals surface area (Å²) in [5, 5.41) is 6.42. The van der Waals surface area contributed by atoms with Crippen molar-refractivity contribution in [1.82, 2.24) is 19.6 Å². The Morgan fingerprint density at radius 2 is 2.20 bits per heavy atom. The number of aromatic nitrogens is 4. The van der Waals surface area contributed by atoms with Gasteiger partial charge in [-0.1, -0.05) is 19.3 Å². The lowest BCUT2D eigenvalue weighted by Gasteiger charge is -2.35. The summed E-state index contributed by atoms with van der Waals surface area (Å²) in [4.78, 5) is 18.1. The molecule has 0 aromatic carbocycles. The van der Waals surface area contributed by atoms with Crippen molar-refractivity contribution in [3.05, 3.63) is 22.9 Å². The lowest BCUT2D eigenvalue weighted by atomic mass is 9.94. The maximum Gasteiger partial charge on any atom is 0.348 e. The van der Waals surface area contributed by atoms with Crippen LogP contribution in [0, 0.1) is 0 Å². The first-order valence-electron chi connectivity index (χ1n) is 7.19. The highest BCUT2D eigenvalue weighted by Gasteiger charge is 2.22. The molecule has 108 valence electrons. The van der Waals surface area contributed by atoms with Crippen LogP contribution in [0.3, 0.4) is 0 Å². The van der Waals surface area contributed by atoms with Gasteiger partial charge in [-0.2, -0.15) is 5.10 Å². The summed E-state index contributed by atoms with van der Waals surface area (Å²) < 4.78 is 1.41. The van der Waals surface area contributed by atoms with E-state index in [4.69, 9.17) is 5.73 Å². The third-order valence-electron chi connectivity index (χ3n) is 3.98. The fourth-order valence-corrected chi connectivity index (χ4v) is 2.97. The van der Waals surface area contributed by atoms with Crippen molar-refractivity contribution in [1.29, 1.82) is 0 Å². The maximum atomic E-state index is 11.5.